The molecular weight excluding hydrogens is 431 g/mol. The summed E-state index contributed by atoms with van der Waals surface area (Å²) in [7, 11) is -3.37. The zero-order valence-corrected chi connectivity index (χ0v) is 18.2. The van der Waals surface area contributed by atoms with Crippen molar-refractivity contribution in [3.8, 4) is 17.0 Å². The number of benzene rings is 2. The molecule has 10 heteroatoms. The summed E-state index contributed by atoms with van der Waals surface area (Å²) >= 11 is 0. The summed E-state index contributed by atoms with van der Waals surface area (Å²) in [6.45, 7) is 5.75. The van der Waals surface area contributed by atoms with Gasteiger partial charge in [0, 0.05) is 23.2 Å². The summed E-state index contributed by atoms with van der Waals surface area (Å²) in [5.41, 5.74) is 2.18. The molecule has 0 saturated heterocycles. The maximum Gasteiger partial charge on any atom is 0.573 e. The van der Waals surface area contributed by atoms with Crippen LogP contribution in [0.1, 0.15) is 19.5 Å². The fraction of sp³-hybridized carbons (Fsp3) is 0.238. The van der Waals surface area contributed by atoms with Gasteiger partial charge in [0.15, 0.2) is 9.84 Å². The zero-order chi connectivity index (χ0) is 23.2. The number of aromatic nitrogens is 2. The number of hydrogen-bond donors (Lipinski definition) is 1. The number of halogens is 3. The fourth-order valence-corrected chi connectivity index (χ4v) is 3.19. The largest absolute Gasteiger partial charge is 0.573 e. The lowest BCUT2D eigenvalue weighted by atomic mass is 10.1. The van der Waals surface area contributed by atoms with Crippen LogP contribution in [0.3, 0.4) is 0 Å². The molecule has 0 aliphatic rings. The number of nitrogens with one attached hydrogen (secondary N) is 1. The minimum Gasteiger partial charge on any atom is -0.406 e. The molecule has 0 unspecified atom stereocenters. The van der Waals surface area contributed by atoms with Crippen LogP contribution >= 0.6 is 0 Å². The van der Waals surface area contributed by atoms with Crippen molar-refractivity contribution in [2.75, 3.05) is 11.6 Å². The van der Waals surface area contributed by atoms with Gasteiger partial charge in [-0.15, -0.1) is 13.2 Å². The second-order valence-corrected chi connectivity index (χ2v) is 8.23. The van der Waals surface area contributed by atoms with E-state index in [0.717, 1.165) is 6.26 Å². The van der Waals surface area contributed by atoms with Crippen molar-refractivity contribution in [2.45, 2.75) is 32.0 Å². The van der Waals surface area contributed by atoms with Crippen molar-refractivity contribution in [1.29, 1.82) is 0 Å². The summed E-state index contributed by atoms with van der Waals surface area (Å²) in [6, 6.07) is 13.2. The Morgan fingerprint density at radius 1 is 0.968 bits per heavy atom. The van der Waals surface area contributed by atoms with Crippen LogP contribution in [0.4, 0.5) is 24.8 Å². The highest BCUT2D eigenvalue weighted by Gasteiger charge is 2.30. The highest BCUT2D eigenvalue weighted by molar-refractivity contribution is 7.90. The third kappa shape index (κ3) is 7.25. The zero-order valence-electron chi connectivity index (χ0n) is 17.4. The van der Waals surface area contributed by atoms with Crippen LogP contribution in [0.15, 0.2) is 59.5 Å². The first-order valence-electron chi connectivity index (χ1n) is 9.29. The standard InChI is InChI=1S/C19H16F3N3O3S.C2H6/c1-12-10-17(13-4-3-5-16(11-13)29(2,26)27)25-18(23-12)24-14-6-8-15(9-7-14)28-19(20,21)22;1-2/h3-11H,1-2H3,(H,23,24,25);1-2H3. The maximum atomic E-state index is 12.2. The predicted molar refractivity (Wildman–Crippen MR) is 113 cm³/mol. The third-order valence-electron chi connectivity index (χ3n) is 3.76. The fourth-order valence-electron chi connectivity index (χ4n) is 2.53. The lowest BCUT2D eigenvalue weighted by Gasteiger charge is -2.11. The van der Waals surface area contributed by atoms with Crippen molar-refractivity contribution in [3.05, 3.63) is 60.3 Å². The molecule has 0 bridgehead atoms. The number of nitrogens with zero attached hydrogens (tertiary/aromatic N) is 2. The smallest absolute Gasteiger partial charge is 0.406 e. The average Bonchev–Trinajstić information content (AvgIpc) is 2.69. The van der Waals surface area contributed by atoms with Gasteiger partial charge in [-0.1, -0.05) is 26.0 Å². The molecule has 1 N–H and O–H groups in total. The lowest BCUT2D eigenvalue weighted by molar-refractivity contribution is -0.274. The van der Waals surface area contributed by atoms with E-state index >= 15 is 0 Å². The van der Waals surface area contributed by atoms with Crippen LogP contribution in [0.25, 0.3) is 11.3 Å². The Morgan fingerprint density at radius 2 is 1.61 bits per heavy atom. The first kappa shape index (κ1) is 24.1. The van der Waals surface area contributed by atoms with Gasteiger partial charge in [0.1, 0.15) is 5.75 Å². The molecule has 0 aliphatic heterocycles. The molecule has 0 atom stereocenters. The van der Waals surface area contributed by atoms with Gasteiger partial charge in [-0.3, -0.25) is 0 Å². The Balaban J connectivity index is 0.00000166. The number of sulfone groups is 1. The molecule has 3 aromatic rings. The molecule has 0 spiro atoms. The molecule has 0 radical (unpaired) electrons. The second-order valence-electron chi connectivity index (χ2n) is 6.22. The Kier molecular flexibility index (Phi) is 7.61. The number of rotatable bonds is 5. The van der Waals surface area contributed by atoms with Gasteiger partial charge in [-0.05, 0) is 49.4 Å². The van der Waals surface area contributed by atoms with Crippen molar-refractivity contribution < 1.29 is 26.3 Å². The Morgan fingerprint density at radius 3 is 2.19 bits per heavy atom. The molecule has 3 rings (SSSR count). The third-order valence-corrected chi connectivity index (χ3v) is 4.87. The van der Waals surface area contributed by atoms with Gasteiger partial charge in [-0.25, -0.2) is 18.4 Å². The Hall–Kier alpha value is -3.14. The molecule has 1 heterocycles. The highest BCUT2D eigenvalue weighted by Crippen LogP contribution is 2.26. The van der Waals surface area contributed by atoms with E-state index in [1.54, 1.807) is 25.1 Å². The molecular formula is C21H22F3N3O3S. The van der Waals surface area contributed by atoms with Gasteiger partial charge in [0.05, 0.1) is 10.6 Å². The maximum absolute atomic E-state index is 12.2. The van der Waals surface area contributed by atoms with E-state index in [4.69, 9.17) is 0 Å². The summed E-state index contributed by atoms with van der Waals surface area (Å²) in [6.07, 6.45) is -3.64. The summed E-state index contributed by atoms with van der Waals surface area (Å²) in [5, 5.41) is 2.91. The average molecular weight is 453 g/mol. The van der Waals surface area contributed by atoms with E-state index in [2.05, 4.69) is 20.0 Å². The lowest BCUT2D eigenvalue weighted by Crippen LogP contribution is -2.17. The van der Waals surface area contributed by atoms with E-state index in [1.165, 1.54) is 36.4 Å². The van der Waals surface area contributed by atoms with E-state index < -0.39 is 16.2 Å². The molecule has 31 heavy (non-hydrogen) atoms. The van der Waals surface area contributed by atoms with Gasteiger partial charge in [0.25, 0.3) is 0 Å². The molecule has 0 aliphatic carbocycles. The number of aryl methyl sites for hydroxylation is 1. The van der Waals surface area contributed by atoms with Crippen molar-refractivity contribution in [3.63, 3.8) is 0 Å². The van der Waals surface area contributed by atoms with Crippen molar-refractivity contribution in [2.24, 2.45) is 0 Å². The van der Waals surface area contributed by atoms with Crippen LogP contribution in [-0.2, 0) is 9.84 Å². The summed E-state index contributed by atoms with van der Waals surface area (Å²) < 4.78 is 64.1. The number of ether oxygens (including phenoxy) is 1. The minimum atomic E-state index is -4.76. The molecule has 0 saturated carbocycles. The SMILES string of the molecule is CC.Cc1cc(-c2cccc(S(C)(=O)=O)c2)nc(Nc2ccc(OC(F)(F)F)cc2)n1. The van der Waals surface area contributed by atoms with Crippen molar-refractivity contribution >= 4 is 21.5 Å². The van der Waals surface area contributed by atoms with Crippen LogP contribution in [0, 0.1) is 6.92 Å². The van der Waals surface area contributed by atoms with Crippen LogP contribution in [0.2, 0.25) is 0 Å². The summed E-state index contributed by atoms with van der Waals surface area (Å²) in [4.78, 5) is 8.80. The van der Waals surface area contributed by atoms with Gasteiger partial charge >= 0.3 is 6.36 Å². The molecule has 0 fully saturated rings. The number of hydrogen-bond acceptors (Lipinski definition) is 6. The highest BCUT2D eigenvalue weighted by atomic mass is 32.2. The number of anilines is 2. The predicted octanol–water partition coefficient (Wildman–Crippen LogP) is 5.52. The topological polar surface area (TPSA) is 81.2 Å². The minimum absolute atomic E-state index is 0.168. The van der Waals surface area contributed by atoms with Crippen LogP contribution < -0.4 is 10.1 Å². The normalized spacial score (nSPS) is 11.3. The van der Waals surface area contributed by atoms with Gasteiger partial charge < -0.3 is 10.1 Å². The molecule has 1 aromatic heterocycles. The van der Waals surface area contributed by atoms with E-state index in [9.17, 15) is 21.6 Å². The Labute approximate surface area is 179 Å². The Bertz CT molecular complexity index is 1130. The molecule has 2 aromatic carbocycles. The quantitative estimate of drug-likeness (QED) is 0.548. The number of alkyl halides is 3. The molecule has 0 amide bonds. The van der Waals surface area contributed by atoms with E-state index in [1.807, 2.05) is 13.8 Å². The van der Waals surface area contributed by atoms with Crippen LogP contribution in [-0.4, -0.2) is 31.0 Å². The van der Waals surface area contributed by atoms with Gasteiger partial charge in [0.2, 0.25) is 5.95 Å². The van der Waals surface area contributed by atoms with Gasteiger partial charge in [-0.2, -0.15) is 0 Å². The summed E-state index contributed by atoms with van der Waals surface area (Å²) in [5.74, 6) is -0.124. The van der Waals surface area contributed by atoms with E-state index in [-0.39, 0.29) is 16.6 Å². The van der Waals surface area contributed by atoms with Crippen molar-refractivity contribution in [1.82, 2.24) is 9.97 Å². The molecule has 6 nitrogen and oxygen atoms in total. The van der Waals surface area contributed by atoms with E-state index in [0.29, 0.717) is 22.6 Å². The first-order chi connectivity index (χ1) is 14.5. The first-order valence-corrected chi connectivity index (χ1v) is 11.2. The molecule has 166 valence electrons. The monoisotopic (exact) mass is 453 g/mol. The van der Waals surface area contributed by atoms with Crippen LogP contribution in [0.5, 0.6) is 5.75 Å². The second kappa shape index (κ2) is 9.78.